The third kappa shape index (κ3) is 3.93. The van der Waals surface area contributed by atoms with Gasteiger partial charge in [0.05, 0.1) is 17.1 Å². The normalized spacial score (nSPS) is 14.5. The Bertz CT molecular complexity index is 739. The summed E-state index contributed by atoms with van der Waals surface area (Å²) in [6.45, 7) is 3.51. The monoisotopic (exact) mass is 322 g/mol. The van der Waals surface area contributed by atoms with Crippen LogP contribution in [0.5, 0.6) is 0 Å². The molecule has 118 valence electrons. The van der Waals surface area contributed by atoms with E-state index in [4.69, 9.17) is 0 Å². The third-order valence-electron chi connectivity index (χ3n) is 3.70. The smallest absolute Gasteiger partial charge is 0.159 e. The van der Waals surface area contributed by atoms with Crippen LogP contribution in [0.15, 0.2) is 48.5 Å². The molecule has 0 saturated carbocycles. The number of rotatable bonds is 5. The Balaban J connectivity index is 2.18. The first-order valence-electron chi connectivity index (χ1n) is 7.01. The molecule has 1 N–H and O–H groups in total. The molecular formula is C17H19FO3S. The second kappa shape index (κ2) is 6.58. The highest BCUT2D eigenvalue weighted by atomic mass is 32.2. The minimum absolute atomic E-state index is 0.390. The largest absolute Gasteiger partial charge is 0.387 e. The highest BCUT2D eigenvalue weighted by molar-refractivity contribution is 7.91. The van der Waals surface area contributed by atoms with Gasteiger partial charge in [-0.2, -0.15) is 0 Å². The van der Waals surface area contributed by atoms with E-state index >= 15 is 0 Å². The van der Waals surface area contributed by atoms with E-state index in [9.17, 15) is 17.9 Å². The minimum atomic E-state index is -3.53. The zero-order valence-electron chi connectivity index (χ0n) is 12.5. The molecule has 0 aliphatic carbocycles. The predicted molar refractivity (Wildman–Crippen MR) is 84.7 cm³/mol. The summed E-state index contributed by atoms with van der Waals surface area (Å²) in [4.78, 5) is 0. The molecule has 2 aromatic carbocycles. The van der Waals surface area contributed by atoms with E-state index in [0.29, 0.717) is 11.1 Å². The molecule has 0 aliphatic rings. The van der Waals surface area contributed by atoms with Gasteiger partial charge >= 0.3 is 0 Å². The van der Waals surface area contributed by atoms with Gasteiger partial charge in [-0.15, -0.1) is 0 Å². The number of hydrogen-bond donors (Lipinski definition) is 1. The summed E-state index contributed by atoms with van der Waals surface area (Å²) in [5.41, 5.74) is 2.08. The van der Waals surface area contributed by atoms with Gasteiger partial charge in [-0.1, -0.05) is 42.0 Å². The minimum Gasteiger partial charge on any atom is -0.387 e. The Kier molecular flexibility index (Phi) is 4.98. The molecule has 22 heavy (non-hydrogen) atoms. The molecule has 0 amide bonds. The molecule has 0 aliphatic heterocycles. The standard InChI is InChI=1S/C17H19FO3S/c1-12-4-3-5-15(10-12)13(2)22(20,21)11-17(19)14-6-8-16(18)9-7-14/h3-10,13,17,19H,11H2,1-2H3. The molecule has 2 aromatic rings. The molecule has 0 heterocycles. The fourth-order valence-corrected chi connectivity index (χ4v) is 3.76. The second-order valence-electron chi connectivity index (χ2n) is 5.45. The van der Waals surface area contributed by atoms with Crippen molar-refractivity contribution < 1.29 is 17.9 Å². The molecular weight excluding hydrogens is 303 g/mol. The number of sulfone groups is 1. The summed E-state index contributed by atoms with van der Waals surface area (Å²) in [7, 11) is -3.53. The first kappa shape index (κ1) is 16.6. The van der Waals surface area contributed by atoms with Crippen molar-refractivity contribution in [1.82, 2.24) is 0 Å². The van der Waals surface area contributed by atoms with Crippen LogP contribution in [0.2, 0.25) is 0 Å². The lowest BCUT2D eigenvalue weighted by atomic mass is 10.1. The molecule has 0 bridgehead atoms. The predicted octanol–water partition coefficient (Wildman–Crippen LogP) is 3.34. The first-order valence-corrected chi connectivity index (χ1v) is 8.73. The third-order valence-corrected chi connectivity index (χ3v) is 5.83. The molecule has 0 radical (unpaired) electrons. The van der Waals surface area contributed by atoms with Crippen LogP contribution in [-0.4, -0.2) is 19.3 Å². The van der Waals surface area contributed by atoms with E-state index in [0.717, 1.165) is 5.56 Å². The van der Waals surface area contributed by atoms with Crippen LogP contribution in [0.4, 0.5) is 4.39 Å². The second-order valence-corrected chi connectivity index (χ2v) is 7.82. The lowest BCUT2D eigenvalue weighted by molar-refractivity contribution is 0.201. The fourth-order valence-electron chi connectivity index (χ4n) is 2.28. The lowest BCUT2D eigenvalue weighted by Gasteiger charge is -2.17. The number of halogens is 1. The van der Waals surface area contributed by atoms with E-state index < -0.39 is 32.8 Å². The van der Waals surface area contributed by atoms with E-state index in [1.807, 2.05) is 25.1 Å². The van der Waals surface area contributed by atoms with Gasteiger partial charge in [0, 0.05) is 0 Å². The quantitative estimate of drug-likeness (QED) is 0.918. The van der Waals surface area contributed by atoms with E-state index in [-0.39, 0.29) is 0 Å². The Morgan fingerprint density at radius 1 is 1.09 bits per heavy atom. The van der Waals surface area contributed by atoms with Gasteiger partial charge in [0.25, 0.3) is 0 Å². The van der Waals surface area contributed by atoms with Crippen molar-refractivity contribution in [2.24, 2.45) is 0 Å². The van der Waals surface area contributed by atoms with Crippen molar-refractivity contribution in [2.45, 2.75) is 25.2 Å². The molecule has 5 heteroatoms. The summed E-state index contributed by atoms with van der Waals surface area (Å²) in [5, 5.41) is 9.39. The van der Waals surface area contributed by atoms with Crippen molar-refractivity contribution in [3.8, 4) is 0 Å². The Morgan fingerprint density at radius 3 is 2.32 bits per heavy atom. The van der Waals surface area contributed by atoms with Crippen molar-refractivity contribution in [3.63, 3.8) is 0 Å². The molecule has 2 unspecified atom stereocenters. The van der Waals surface area contributed by atoms with Crippen molar-refractivity contribution in [2.75, 3.05) is 5.75 Å². The summed E-state index contributed by atoms with van der Waals surface area (Å²) in [6, 6.07) is 12.5. The van der Waals surface area contributed by atoms with Crippen molar-refractivity contribution >= 4 is 9.84 Å². The van der Waals surface area contributed by atoms with Crippen LogP contribution in [-0.2, 0) is 9.84 Å². The maximum Gasteiger partial charge on any atom is 0.159 e. The van der Waals surface area contributed by atoms with E-state index in [2.05, 4.69) is 0 Å². The van der Waals surface area contributed by atoms with Crippen LogP contribution < -0.4 is 0 Å². The number of benzene rings is 2. The molecule has 2 atom stereocenters. The van der Waals surface area contributed by atoms with Crippen LogP contribution in [0.1, 0.15) is 35.0 Å². The molecule has 3 nitrogen and oxygen atoms in total. The SMILES string of the molecule is Cc1cccc(C(C)S(=O)(=O)CC(O)c2ccc(F)cc2)c1. The fraction of sp³-hybridized carbons (Fsp3) is 0.294. The molecule has 0 aromatic heterocycles. The molecule has 0 spiro atoms. The van der Waals surface area contributed by atoms with Crippen LogP contribution in [0.3, 0.4) is 0 Å². The Labute approximate surface area is 130 Å². The zero-order valence-corrected chi connectivity index (χ0v) is 13.3. The van der Waals surface area contributed by atoms with Crippen molar-refractivity contribution in [3.05, 3.63) is 71.0 Å². The van der Waals surface area contributed by atoms with Crippen LogP contribution >= 0.6 is 0 Å². The molecule has 0 saturated heterocycles. The van der Waals surface area contributed by atoms with Crippen molar-refractivity contribution in [1.29, 1.82) is 0 Å². The number of aliphatic hydroxyl groups is 1. The van der Waals surface area contributed by atoms with Gasteiger partial charge in [0.1, 0.15) is 5.82 Å². The van der Waals surface area contributed by atoms with Gasteiger partial charge in [0.2, 0.25) is 0 Å². The molecule has 2 rings (SSSR count). The summed E-state index contributed by atoms with van der Waals surface area (Å²) in [6.07, 6.45) is -1.17. The van der Waals surface area contributed by atoms with Gasteiger partial charge in [-0.05, 0) is 37.1 Å². The maximum absolute atomic E-state index is 12.9. The Morgan fingerprint density at radius 2 is 1.73 bits per heavy atom. The average Bonchev–Trinajstić information content (AvgIpc) is 2.46. The zero-order chi connectivity index (χ0) is 16.3. The van der Waals surface area contributed by atoms with Gasteiger partial charge in [-0.3, -0.25) is 0 Å². The average molecular weight is 322 g/mol. The first-order chi connectivity index (χ1) is 10.3. The van der Waals surface area contributed by atoms with E-state index in [1.54, 1.807) is 13.0 Å². The summed E-state index contributed by atoms with van der Waals surface area (Å²) < 4.78 is 37.8. The Hall–Kier alpha value is -1.72. The number of aliphatic hydroxyl groups excluding tert-OH is 1. The lowest BCUT2D eigenvalue weighted by Crippen LogP contribution is -2.19. The highest BCUT2D eigenvalue weighted by Crippen LogP contribution is 2.27. The van der Waals surface area contributed by atoms with Crippen LogP contribution in [0, 0.1) is 12.7 Å². The van der Waals surface area contributed by atoms with E-state index in [1.165, 1.54) is 24.3 Å². The van der Waals surface area contributed by atoms with Gasteiger partial charge in [0.15, 0.2) is 9.84 Å². The summed E-state index contributed by atoms with van der Waals surface area (Å²) >= 11 is 0. The van der Waals surface area contributed by atoms with Gasteiger partial charge < -0.3 is 5.11 Å². The topological polar surface area (TPSA) is 54.4 Å². The van der Waals surface area contributed by atoms with Gasteiger partial charge in [-0.25, -0.2) is 12.8 Å². The summed E-state index contributed by atoms with van der Waals surface area (Å²) in [5.74, 6) is -0.819. The molecule has 0 fully saturated rings. The number of aryl methyl sites for hydroxylation is 1. The number of hydrogen-bond acceptors (Lipinski definition) is 3. The highest BCUT2D eigenvalue weighted by Gasteiger charge is 2.26. The van der Waals surface area contributed by atoms with Crippen LogP contribution in [0.25, 0.3) is 0 Å². The maximum atomic E-state index is 12.9.